The molecule has 4 unspecified atom stereocenters. The largest absolute Gasteiger partial charge is 0.416 e. The minimum absolute atomic E-state index is 0.0230. The zero-order chi connectivity index (χ0) is 25.5. The average molecular weight is 500 g/mol. The van der Waals surface area contributed by atoms with E-state index in [1.54, 1.807) is 54.6 Å². The van der Waals surface area contributed by atoms with Gasteiger partial charge < -0.3 is 21.5 Å². The Bertz CT molecular complexity index is 957. The van der Waals surface area contributed by atoms with Gasteiger partial charge in [-0.1, -0.05) is 67.9 Å². The highest BCUT2D eigenvalue weighted by molar-refractivity contribution is 6.30. The van der Waals surface area contributed by atoms with Crippen molar-refractivity contribution >= 4 is 23.4 Å². The molecule has 0 saturated heterocycles. The number of aliphatic hydroxyl groups is 1. The number of hydrogen-bond donors (Lipinski definition) is 4. The number of nitrogens with two attached hydrogens (primary N) is 1. The van der Waals surface area contributed by atoms with Gasteiger partial charge in [-0.05, 0) is 35.6 Å². The molecule has 2 amide bonds. The summed E-state index contributed by atoms with van der Waals surface area (Å²) < 4.78 is 39.3. The quantitative estimate of drug-likeness (QED) is 0.403. The lowest BCUT2D eigenvalue weighted by Gasteiger charge is -2.31. The predicted octanol–water partition coefficient (Wildman–Crippen LogP) is 3.00. The Morgan fingerprint density at radius 3 is 2.15 bits per heavy atom. The van der Waals surface area contributed by atoms with E-state index >= 15 is 0 Å². The van der Waals surface area contributed by atoms with Gasteiger partial charge >= 0.3 is 6.18 Å². The molecular formula is C24H29ClF3N3O3. The summed E-state index contributed by atoms with van der Waals surface area (Å²) in [6.45, 7) is 2.90. The smallest absolute Gasteiger partial charge is 0.382 e. The minimum Gasteiger partial charge on any atom is -0.382 e. The van der Waals surface area contributed by atoms with Crippen LogP contribution >= 0.6 is 11.6 Å². The second-order valence-corrected chi connectivity index (χ2v) is 8.89. The normalized spacial score (nSPS) is 15.3. The highest BCUT2D eigenvalue weighted by Gasteiger charge is 2.45. The molecule has 5 N–H and O–H groups in total. The van der Waals surface area contributed by atoms with E-state index in [4.69, 9.17) is 17.3 Å². The van der Waals surface area contributed by atoms with E-state index in [1.165, 1.54) is 13.8 Å². The molecule has 0 radical (unpaired) electrons. The number of halogens is 4. The van der Waals surface area contributed by atoms with E-state index in [9.17, 15) is 27.9 Å². The Balaban J connectivity index is 2.19. The van der Waals surface area contributed by atoms with Crippen LogP contribution in [0.2, 0.25) is 5.02 Å². The lowest BCUT2D eigenvalue weighted by molar-refractivity contribution is -0.215. The molecule has 0 bridgehead atoms. The Morgan fingerprint density at radius 2 is 1.59 bits per heavy atom. The highest BCUT2D eigenvalue weighted by atomic mass is 35.5. The van der Waals surface area contributed by atoms with Crippen LogP contribution in [0.5, 0.6) is 0 Å². The number of alkyl halides is 3. The minimum atomic E-state index is -4.92. The number of nitrogens with one attached hydrogen (secondary N) is 2. The maximum absolute atomic E-state index is 13.1. The molecule has 2 aromatic rings. The van der Waals surface area contributed by atoms with Gasteiger partial charge in [0, 0.05) is 11.4 Å². The third-order valence-corrected chi connectivity index (χ3v) is 5.53. The Hall–Kier alpha value is -2.62. The third kappa shape index (κ3) is 8.30. The molecule has 0 fully saturated rings. The third-order valence-electron chi connectivity index (χ3n) is 5.30. The van der Waals surface area contributed by atoms with Crippen LogP contribution in [0.4, 0.5) is 13.2 Å². The second kappa shape index (κ2) is 12.2. The Kier molecular flexibility index (Phi) is 9.90. The average Bonchev–Trinajstić information content (AvgIpc) is 2.76. The first-order chi connectivity index (χ1) is 15.9. The molecular weight excluding hydrogens is 471 g/mol. The van der Waals surface area contributed by atoms with Crippen molar-refractivity contribution in [3.63, 3.8) is 0 Å². The zero-order valence-electron chi connectivity index (χ0n) is 18.9. The summed E-state index contributed by atoms with van der Waals surface area (Å²) in [5.74, 6) is -2.22. The number of carbonyl (C=O) groups excluding carboxylic acids is 2. The Labute approximate surface area is 201 Å². The number of benzene rings is 2. The van der Waals surface area contributed by atoms with E-state index in [0.717, 1.165) is 0 Å². The summed E-state index contributed by atoms with van der Waals surface area (Å²) in [5.41, 5.74) is 7.42. The molecule has 10 heteroatoms. The van der Waals surface area contributed by atoms with Crippen molar-refractivity contribution in [1.29, 1.82) is 0 Å². The van der Waals surface area contributed by atoms with Gasteiger partial charge in [0.2, 0.25) is 11.8 Å². The summed E-state index contributed by atoms with van der Waals surface area (Å²) in [6.07, 6.45) is -7.50. The zero-order valence-corrected chi connectivity index (χ0v) is 19.6. The molecule has 0 aliphatic rings. The van der Waals surface area contributed by atoms with Gasteiger partial charge in [-0.15, -0.1) is 0 Å². The summed E-state index contributed by atoms with van der Waals surface area (Å²) >= 11 is 5.96. The summed E-state index contributed by atoms with van der Waals surface area (Å²) in [4.78, 5) is 25.8. The highest BCUT2D eigenvalue weighted by Crippen LogP contribution is 2.25. The number of aliphatic hydroxyl groups excluding tert-OH is 1. The lowest BCUT2D eigenvalue weighted by Crippen LogP contribution is -2.59. The lowest BCUT2D eigenvalue weighted by atomic mass is 9.96. The van der Waals surface area contributed by atoms with E-state index in [2.05, 4.69) is 10.6 Å². The van der Waals surface area contributed by atoms with Crippen LogP contribution in [0.25, 0.3) is 0 Å². The van der Waals surface area contributed by atoms with Crippen LogP contribution in [0.3, 0.4) is 0 Å². The van der Waals surface area contributed by atoms with Crippen LogP contribution in [-0.4, -0.2) is 47.3 Å². The van der Waals surface area contributed by atoms with Gasteiger partial charge in [-0.25, -0.2) is 0 Å². The van der Waals surface area contributed by atoms with Crippen molar-refractivity contribution in [1.82, 2.24) is 10.6 Å². The van der Waals surface area contributed by atoms with Crippen LogP contribution < -0.4 is 16.4 Å². The van der Waals surface area contributed by atoms with Crippen molar-refractivity contribution in [3.8, 4) is 0 Å². The summed E-state index contributed by atoms with van der Waals surface area (Å²) in [6, 6.07) is 11.7. The van der Waals surface area contributed by atoms with Crippen LogP contribution in [-0.2, 0) is 22.4 Å². The fraction of sp³-hybridized carbons (Fsp3) is 0.417. The van der Waals surface area contributed by atoms with Gasteiger partial charge in [0.05, 0.1) is 12.1 Å². The molecule has 34 heavy (non-hydrogen) atoms. The molecule has 2 rings (SSSR count). The first kappa shape index (κ1) is 27.6. The standard InChI is InChI=1S/C24H29ClF3N3O3/c1-14(2)20(21(32)24(26,27)28)31-23(34)19(13-15-7-4-3-5-8-15)30-22(33)18(29)12-16-9-6-10-17(25)11-16/h3-11,14,18-21,32H,12-13,29H2,1-2H3,(H,30,33)(H,31,34). The molecule has 4 atom stereocenters. The number of rotatable bonds is 10. The predicted molar refractivity (Wildman–Crippen MR) is 124 cm³/mol. The molecule has 0 aliphatic heterocycles. The second-order valence-electron chi connectivity index (χ2n) is 8.46. The first-order valence-corrected chi connectivity index (χ1v) is 11.2. The van der Waals surface area contributed by atoms with Gasteiger partial charge in [0.25, 0.3) is 0 Å². The van der Waals surface area contributed by atoms with Crippen molar-refractivity contribution in [2.75, 3.05) is 0 Å². The molecule has 6 nitrogen and oxygen atoms in total. The molecule has 0 aliphatic carbocycles. The van der Waals surface area contributed by atoms with Gasteiger partial charge in [0.1, 0.15) is 6.04 Å². The Morgan fingerprint density at radius 1 is 0.971 bits per heavy atom. The number of carbonyl (C=O) groups is 2. The van der Waals surface area contributed by atoms with E-state index in [1.807, 2.05) is 0 Å². The summed E-state index contributed by atoms with van der Waals surface area (Å²) in [5, 5.41) is 15.0. The van der Waals surface area contributed by atoms with Gasteiger partial charge in [-0.2, -0.15) is 13.2 Å². The molecule has 0 spiro atoms. The van der Waals surface area contributed by atoms with Crippen molar-refractivity contribution in [2.45, 2.75) is 57.1 Å². The van der Waals surface area contributed by atoms with Gasteiger partial charge in [0.15, 0.2) is 6.10 Å². The van der Waals surface area contributed by atoms with Crippen molar-refractivity contribution in [2.24, 2.45) is 11.7 Å². The van der Waals surface area contributed by atoms with Gasteiger partial charge in [-0.3, -0.25) is 9.59 Å². The number of amides is 2. The van der Waals surface area contributed by atoms with Crippen LogP contribution in [0.15, 0.2) is 54.6 Å². The molecule has 0 heterocycles. The molecule has 186 valence electrons. The molecule has 0 aromatic heterocycles. The summed E-state index contributed by atoms with van der Waals surface area (Å²) in [7, 11) is 0. The maximum Gasteiger partial charge on any atom is 0.416 e. The first-order valence-electron chi connectivity index (χ1n) is 10.8. The molecule has 0 saturated carbocycles. The molecule has 2 aromatic carbocycles. The SMILES string of the molecule is CC(C)C(NC(=O)C(Cc1ccccc1)NC(=O)C(N)Cc1cccc(Cl)c1)C(O)C(F)(F)F. The van der Waals surface area contributed by atoms with Crippen molar-refractivity contribution in [3.05, 3.63) is 70.7 Å². The number of hydrogen-bond acceptors (Lipinski definition) is 4. The fourth-order valence-electron chi connectivity index (χ4n) is 3.43. The van der Waals surface area contributed by atoms with E-state index < -0.39 is 48.1 Å². The van der Waals surface area contributed by atoms with Crippen LogP contribution in [0.1, 0.15) is 25.0 Å². The van der Waals surface area contributed by atoms with Crippen molar-refractivity contribution < 1.29 is 27.9 Å². The van der Waals surface area contributed by atoms with E-state index in [-0.39, 0.29) is 12.8 Å². The maximum atomic E-state index is 13.1. The fourth-order valence-corrected chi connectivity index (χ4v) is 3.64. The van der Waals surface area contributed by atoms with Crippen LogP contribution in [0, 0.1) is 5.92 Å². The monoisotopic (exact) mass is 499 g/mol. The van der Waals surface area contributed by atoms with E-state index in [0.29, 0.717) is 16.1 Å². The topological polar surface area (TPSA) is 104 Å².